The summed E-state index contributed by atoms with van der Waals surface area (Å²) in [7, 11) is 1.39. The predicted molar refractivity (Wildman–Crippen MR) is 185 cm³/mol. The zero-order chi connectivity index (χ0) is 35.7. The highest BCUT2D eigenvalue weighted by Crippen LogP contribution is 2.48. The number of aliphatic hydroxyl groups is 2. The number of phenols is 2. The number of aromatic hydroxyl groups is 2. The normalized spacial score (nSPS) is 18.2. The number of nitrogens with one attached hydrogen (secondary N) is 1. The Labute approximate surface area is 287 Å². The third kappa shape index (κ3) is 7.11. The van der Waals surface area contributed by atoms with Crippen LogP contribution in [0.1, 0.15) is 79.3 Å². The summed E-state index contributed by atoms with van der Waals surface area (Å²) >= 11 is 3.31. The van der Waals surface area contributed by atoms with E-state index in [1.165, 1.54) is 26.2 Å². The number of fused-ring (bicyclic) bond motifs is 3. The average molecular weight is 726 g/mol. The third-order valence-electron chi connectivity index (χ3n) is 8.58. The number of halogens is 1. The summed E-state index contributed by atoms with van der Waals surface area (Å²) in [6.07, 6.45) is 6.88. The van der Waals surface area contributed by atoms with Crippen LogP contribution in [0.4, 0.5) is 5.69 Å². The number of methoxy groups -OCH3 is 1. The summed E-state index contributed by atoms with van der Waals surface area (Å²) in [6.45, 7) is 10.1. The molecular weight excluding hydrogens is 684 g/mol. The Morgan fingerprint density at radius 2 is 1.85 bits per heavy atom. The molecule has 3 atom stereocenters. The van der Waals surface area contributed by atoms with E-state index in [1.54, 1.807) is 45.1 Å². The molecule has 0 unspecified atom stereocenters. The van der Waals surface area contributed by atoms with Crippen LogP contribution in [0.25, 0.3) is 0 Å². The van der Waals surface area contributed by atoms with Crippen LogP contribution >= 0.6 is 15.9 Å². The lowest BCUT2D eigenvalue weighted by Gasteiger charge is -2.23. The van der Waals surface area contributed by atoms with Gasteiger partial charge < -0.3 is 35.2 Å². The van der Waals surface area contributed by atoms with E-state index in [4.69, 9.17) is 14.6 Å². The summed E-state index contributed by atoms with van der Waals surface area (Å²) in [5.41, 5.74) is -1.30. The number of aliphatic hydroxyl groups excluding tert-OH is 2. The van der Waals surface area contributed by atoms with Gasteiger partial charge in [-0.3, -0.25) is 14.4 Å². The van der Waals surface area contributed by atoms with Gasteiger partial charge in [-0.05, 0) is 64.7 Å². The number of ketones is 2. The van der Waals surface area contributed by atoms with Crippen molar-refractivity contribution in [2.75, 3.05) is 13.7 Å². The second-order valence-electron chi connectivity index (χ2n) is 12.6. The molecule has 4 rings (SSSR count). The van der Waals surface area contributed by atoms with E-state index in [1.807, 2.05) is 13.8 Å². The summed E-state index contributed by atoms with van der Waals surface area (Å²) in [6, 6.07) is 2.97. The number of aliphatic imine (C=N–C) groups is 1. The molecule has 0 saturated carbocycles. The van der Waals surface area contributed by atoms with Gasteiger partial charge in [-0.15, -0.1) is 0 Å². The van der Waals surface area contributed by atoms with Gasteiger partial charge in [-0.1, -0.05) is 48.0 Å². The minimum Gasteiger partial charge on any atom is -0.507 e. The van der Waals surface area contributed by atoms with Gasteiger partial charge in [0.1, 0.15) is 28.7 Å². The highest BCUT2D eigenvalue weighted by molar-refractivity contribution is 9.10. The van der Waals surface area contributed by atoms with Crippen molar-refractivity contribution in [3.63, 3.8) is 0 Å². The Morgan fingerprint density at radius 3 is 2.50 bits per heavy atom. The van der Waals surface area contributed by atoms with Crippen molar-refractivity contribution in [3.8, 4) is 23.0 Å². The van der Waals surface area contributed by atoms with Crippen LogP contribution in [0.5, 0.6) is 23.0 Å². The van der Waals surface area contributed by atoms with Gasteiger partial charge in [-0.2, -0.15) is 0 Å². The van der Waals surface area contributed by atoms with Crippen LogP contribution in [0.15, 0.2) is 57.2 Å². The van der Waals surface area contributed by atoms with E-state index in [0.29, 0.717) is 17.3 Å². The molecule has 2 aromatic carbocycles. The van der Waals surface area contributed by atoms with E-state index in [2.05, 4.69) is 26.2 Å². The first-order valence-electron chi connectivity index (χ1n) is 15.5. The first-order valence-corrected chi connectivity index (χ1v) is 16.3. The quantitative estimate of drug-likeness (QED) is 0.143. The van der Waals surface area contributed by atoms with Crippen LogP contribution in [0.2, 0.25) is 0 Å². The Balaban J connectivity index is 1.78. The minimum absolute atomic E-state index is 0.00307. The van der Waals surface area contributed by atoms with Crippen molar-refractivity contribution in [2.45, 2.75) is 66.1 Å². The van der Waals surface area contributed by atoms with E-state index < -0.39 is 34.9 Å². The smallest absolute Gasteiger partial charge is 0.251 e. The van der Waals surface area contributed by atoms with Crippen molar-refractivity contribution >= 4 is 44.8 Å². The van der Waals surface area contributed by atoms with Crippen LogP contribution in [0.3, 0.4) is 0 Å². The zero-order valence-corrected chi connectivity index (χ0v) is 29.6. The molecule has 11 nitrogen and oxygen atoms in total. The summed E-state index contributed by atoms with van der Waals surface area (Å²) < 4.78 is 11.9. The summed E-state index contributed by atoms with van der Waals surface area (Å²) in [4.78, 5) is 45.5. The molecule has 1 heterocycles. The average Bonchev–Trinajstić information content (AvgIpc) is 3.28. The number of amides is 1. The van der Waals surface area contributed by atoms with Gasteiger partial charge in [0.2, 0.25) is 11.6 Å². The Hall–Kier alpha value is -4.26. The van der Waals surface area contributed by atoms with Crippen molar-refractivity contribution in [3.05, 3.63) is 74.4 Å². The number of benzene rings is 2. The minimum atomic E-state index is -1.29. The van der Waals surface area contributed by atoms with Crippen molar-refractivity contribution in [1.82, 2.24) is 5.32 Å². The van der Waals surface area contributed by atoms with Gasteiger partial charge in [0, 0.05) is 33.7 Å². The Bertz CT molecular complexity index is 1790. The number of nitrogens with zero attached hydrogens (tertiary/aromatic N) is 1. The molecule has 0 saturated heterocycles. The lowest BCUT2D eigenvalue weighted by atomic mass is 9.82. The highest BCUT2D eigenvalue weighted by atomic mass is 79.9. The van der Waals surface area contributed by atoms with Gasteiger partial charge in [0.15, 0.2) is 5.60 Å². The van der Waals surface area contributed by atoms with Gasteiger partial charge >= 0.3 is 0 Å². The Morgan fingerprint density at radius 1 is 1.17 bits per heavy atom. The number of carbonyl (C=O) groups is 3. The molecule has 1 aliphatic carbocycles. The predicted octanol–water partition coefficient (Wildman–Crippen LogP) is 5.76. The molecule has 0 spiro atoms. The van der Waals surface area contributed by atoms with Crippen LogP contribution < -0.4 is 14.8 Å². The molecule has 1 amide bonds. The fourth-order valence-electron chi connectivity index (χ4n) is 5.69. The Kier molecular flexibility index (Phi) is 11.0. The molecule has 48 heavy (non-hydrogen) atoms. The van der Waals surface area contributed by atoms with E-state index >= 15 is 0 Å². The fraction of sp³-hybridized carbons (Fsp3) is 0.389. The number of phenolic OH excluding ortho intramolecular Hbond substituents is 2. The van der Waals surface area contributed by atoms with E-state index in [0.717, 1.165) is 0 Å². The lowest BCUT2D eigenvalue weighted by Crippen LogP contribution is -2.34. The zero-order valence-electron chi connectivity index (χ0n) is 28.0. The SMILES string of the molecule is COc1cc(Br)cc(O)c1N=C1C=C(NC(=O)/C(C)=C\C=C\[C@H](C)[C@H](O)[C@@H](C)CCCO)C(=O)c2c(O)c(C)c3c(c21)C(=O)C(C)(C)O3. The van der Waals surface area contributed by atoms with Crippen LogP contribution in [-0.2, 0) is 4.79 Å². The number of allylic oxidation sites excluding steroid dienone is 4. The molecule has 1 aliphatic heterocycles. The molecule has 256 valence electrons. The maximum absolute atomic E-state index is 14.0. The van der Waals surface area contributed by atoms with Crippen LogP contribution in [0, 0.1) is 18.8 Å². The number of Topliss-reactive ketones (excluding diaryl/α,β-unsaturated/α-hetero) is 2. The van der Waals surface area contributed by atoms with Crippen molar-refractivity contribution in [2.24, 2.45) is 16.8 Å². The second kappa shape index (κ2) is 14.5. The summed E-state index contributed by atoms with van der Waals surface area (Å²) in [5, 5.41) is 44.4. The largest absolute Gasteiger partial charge is 0.507 e. The van der Waals surface area contributed by atoms with Crippen molar-refractivity contribution in [1.29, 1.82) is 0 Å². The third-order valence-corrected chi connectivity index (χ3v) is 9.04. The first-order chi connectivity index (χ1) is 22.5. The molecular formula is C36H41BrN2O9. The molecule has 0 aromatic heterocycles. The number of rotatable bonds is 11. The molecule has 0 bridgehead atoms. The topological polar surface area (TPSA) is 175 Å². The van der Waals surface area contributed by atoms with Gasteiger partial charge in [0.05, 0.1) is 35.7 Å². The first kappa shape index (κ1) is 36.6. The molecule has 0 fully saturated rings. The number of ether oxygens (including phenoxy) is 2. The lowest BCUT2D eigenvalue weighted by molar-refractivity contribution is -0.116. The second-order valence-corrected chi connectivity index (χ2v) is 13.5. The van der Waals surface area contributed by atoms with Crippen molar-refractivity contribution < 1.29 is 44.3 Å². The number of carbonyl (C=O) groups excluding carboxylic acids is 3. The molecule has 12 heteroatoms. The van der Waals surface area contributed by atoms with Crippen LogP contribution in [-0.4, -0.2) is 69.0 Å². The maximum atomic E-state index is 14.0. The molecule has 2 aromatic rings. The number of hydrogen-bond donors (Lipinski definition) is 5. The fourth-order valence-corrected chi connectivity index (χ4v) is 6.12. The van der Waals surface area contributed by atoms with E-state index in [9.17, 15) is 29.7 Å². The maximum Gasteiger partial charge on any atom is 0.251 e. The van der Waals surface area contributed by atoms with E-state index in [-0.39, 0.29) is 80.6 Å². The monoisotopic (exact) mass is 724 g/mol. The molecule has 5 N–H and O–H groups in total. The molecule has 0 radical (unpaired) electrons. The standard InChI is InChI=1S/C36H41BrN2O9/c1-17(30(42)18(2)12-9-13-40)10-8-11-19(3)35(46)39-23-16-22(38-29-24(41)14-21(37)15-25(29)47-7)26-27(32(23)44)31(43)20(4)33-28(26)34(45)36(5,6)48-33/h8,10-11,14-18,30,40-43H,9,12-13H2,1-7H3,(H,39,46)/b10-8+,19-11-,38-22?/t17-,18-,30-/m0/s1. The number of hydrogen-bond acceptors (Lipinski definition) is 10. The molecule has 2 aliphatic rings. The summed E-state index contributed by atoms with van der Waals surface area (Å²) in [5.74, 6) is -2.46. The van der Waals surface area contributed by atoms with Gasteiger partial charge in [-0.25, -0.2) is 4.99 Å². The highest BCUT2D eigenvalue weighted by Gasteiger charge is 2.47. The van der Waals surface area contributed by atoms with Gasteiger partial charge in [0.25, 0.3) is 5.91 Å².